The van der Waals surface area contributed by atoms with Gasteiger partial charge in [-0.3, -0.25) is 4.79 Å². The molecule has 2 rings (SSSR count). The van der Waals surface area contributed by atoms with Gasteiger partial charge in [-0.1, -0.05) is 26.0 Å². The van der Waals surface area contributed by atoms with Crippen LogP contribution in [0.4, 0.5) is 5.69 Å². The van der Waals surface area contributed by atoms with Crippen molar-refractivity contribution in [2.24, 2.45) is 0 Å². The van der Waals surface area contributed by atoms with Crippen molar-refractivity contribution in [3.63, 3.8) is 0 Å². The van der Waals surface area contributed by atoms with Crippen LogP contribution in [0.25, 0.3) is 0 Å². The van der Waals surface area contributed by atoms with Crippen LogP contribution in [0, 0.1) is 0 Å². The molecule has 0 fully saturated rings. The molecule has 0 saturated heterocycles. The van der Waals surface area contributed by atoms with Gasteiger partial charge in [0, 0.05) is 5.69 Å². The summed E-state index contributed by atoms with van der Waals surface area (Å²) in [5.41, 5.74) is 1.96. The second-order valence-electron chi connectivity index (χ2n) is 5.93. The molecular weight excluding hydrogens is 302 g/mol. The summed E-state index contributed by atoms with van der Waals surface area (Å²) in [5, 5.41) is 2.84. The molecule has 4 heteroatoms. The number of carbonyl (C=O) groups excluding carboxylic acids is 1. The third-order valence-electron chi connectivity index (χ3n) is 3.66. The molecule has 2 aromatic carbocycles. The van der Waals surface area contributed by atoms with Gasteiger partial charge in [0.25, 0.3) is 5.91 Å². The van der Waals surface area contributed by atoms with Crippen LogP contribution in [-0.2, 0) is 4.79 Å². The first-order valence-electron chi connectivity index (χ1n) is 8.30. The van der Waals surface area contributed by atoms with Crippen molar-refractivity contribution in [2.45, 2.75) is 39.7 Å². The lowest BCUT2D eigenvalue weighted by molar-refractivity contribution is -0.122. The van der Waals surface area contributed by atoms with Crippen LogP contribution in [0.1, 0.15) is 39.2 Å². The van der Waals surface area contributed by atoms with Crippen molar-refractivity contribution < 1.29 is 14.3 Å². The van der Waals surface area contributed by atoms with E-state index in [1.165, 1.54) is 5.56 Å². The van der Waals surface area contributed by atoms with Gasteiger partial charge in [0.2, 0.25) is 0 Å². The topological polar surface area (TPSA) is 47.6 Å². The zero-order valence-corrected chi connectivity index (χ0v) is 14.7. The average molecular weight is 327 g/mol. The normalized spacial score (nSPS) is 11.9. The quantitative estimate of drug-likeness (QED) is 0.807. The molecule has 0 aromatic heterocycles. The number of hydrogen-bond acceptors (Lipinski definition) is 3. The Bertz CT molecular complexity index is 648. The first kappa shape index (κ1) is 17.9. The lowest BCUT2D eigenvalue weighted by atomic mass is 10.0. The maximum absolute atomic E-state index is 12.2. The molecule has 0 heterocycles. The van der Waals surface area contributed by atoms with Crippen molar-refractivity contribution in [2.75, 3.05) is 11.9 Å². The minimum absolute atomic E-state index is 0.188. The van der Waals surface area contributed by atoms with Gasteiger partial charge >= 0.3 is 0 Å². The van der Waals surface area contributed by atoms with Crippen LogP contribution in [0.15, 0.2) is 48.5 Å². The van der Waals surface area contributed by atoms with Crippen molar-refractivity contribution in [1.29, 1.82) is 0 Å². The maximum Gasteiger partial charge on any atom is 0.265 e. The third kappa shape index (κ3) is 5.01. The molecule has 0 aliphatic rings. The molecule has 1 unspecified atom stereocenters. The predicted molar refractivity (Wildman–Crippen MR) is 96.9 cm³/mol. The number of nitrogens with one attached hydrogen (secondary N) is 1. The lowest BCUT2D eigenvalue weighted by Gasteiger charge is -2.15. The highest BCUT2D eigenvalue weighted by Gasteiger charge is 2.15. The first-order valence-corrected chi connectivity index (χ1v) is 8.30. The van der Waals surface area contributed by atoms with E-state index in [0.717, 1.165) is 5.75 Å². The summed E-state index contributed by atoms with van der Waals surface area (Å²) < 4.78 is 11.1. The third-order valence-corrected chi connectivity index (χ3v) is 3.66. The zero-order chi connectivity index (χ0) is 17.5. The van der Waals surface area contributed by atoms with E-state index in [1.54, 1.807) is 6.92 Å². The van der Waals surface area contributed by atoms with Crippen molar-refractivity contribution in [3.05, 3.63) is 54.1 Å². The van der Waals surface area contributed by atoms with Gasteiger partial charge < -0.3 is 14.8 Å². The minimum atomic E-state index is -0.582. The molecule has 128 valence electrons. The van der Waals surface area contributed by atoms with Crippen LogP contribution < -0.4 is 14.8 Å². The summed E-state index contributed by atoms with van der Waals surface area (Å²) in [5.74, 6) is 1.75. The second-order valence-corrected chi connectivity index (χ2v) is 5.93. The fourth-order valence-electron chi connectivity index (χ4n) is 2.23. The SMILES string of the molecule is CCOc1ccc(NC(=O)C(C)Oc2ccc(C(C)C)cc2)cc1. The van der Waals surface area contributed by atoms with Gasteiger partial charge in [-0.15, -0.1) is 0 Å². The molecule has 0 bridgehead atoms. The first-order chi connectivity index (χ1) is 11.5. The van der Waals surface area contributed by atoms with Crippen molar-refractivity contribution >= 4 is 11.6 Å². The van der Waals surface area contributed by atoms with Crippen LogP contribution in [0.5, 0.6) is 11.5 Å². The number of anilines is 1. The summed E-state index contributed by atoms with van der Waals surface area (Å²) >= 11 is 0. The molecule has 1 amide bonds. The number of amides is 1. The molecule has 0 spiro atoms. The van der Waals surface area contributed by atoms with Gasteiger partial charge in [0.05, 0.1) is 6.61 Å². The molecule has 0 saturated carbocycles. The Balaban J connectivity index is 1.91. The van der Waals surface area contributed by atoms with Crippen molar-refractivity contribution in [3.8, 4) is 11.5 Å². The highest BCUT2D eigenvalue weighted by molar-refractivity contribution is 5.94. The van der Waals surface area contributed by atoms with E-state index in [1.807, 2.05) is 55.5 Å². The second kappa shape index (κ2) is 8.39. The van der Waals surface area contributed by atoms with E-state index < -0.39 is 6.10 Å². The maximum atomic E-state index is 12.2. The summed E-state index contributed by atoms with van der Waals surface area (Å²) in [6.45, 7) is 8.57. The largest absolute Gasteiger partial charge is 0.494 e. The van der Waals surface area contributed by atoms with Crippen LogP contribution in [-0.4, -0.2) is 18.6 Å². The molecule has 0 aliphatic heterocycles. The zero-order valence-electron chi connectivity index (χ0n) is 14.7. The standard InChI is InChI=1S/C20H25NO3/c1-5-23-18-12-8-17(9-13-18)21-20(22)15(4)24-19-10-6-16(7-11-19)14(2)3/h6-15H,5H2,1-4H3,(H,21,22). The highest BCUT2D eigenvalue weighted by atomic mass is 16.5. The highest BCUT2D eigenvalue weighted by Crippen LogP contribution is 2.20. The van der Waals surface area contributed by atoms with E-state index >= 15 is 0 Å². The molecule has 4 nitrogen and oxygen atoms in total. The van der Waals surface area contributed by atoms with Gasteiger partial charge in [0.15, 0.2) is 6.10 Å². The summed E-state index contributed by atoms with van der Waals surface area (Å²) in [4.78, 5) is 12.2. The van der Waals surface area contributed by atoms with E-state index in [9.17, 15) is 4.79 Å². The Hall–Kier alpha value is -2.49. The fraction of sp³-hybridized carbons (Fsp3) is 0.350. The Morgan fingerprint density at radius 1 is 0.958 bits per heavy atom. The Morgan fingerprint density at radius 2 is 1.54 bits per heavy atom. The molecule has 1 atom stereocenters. The molecule has 1 N–H and O–H groups in total. The Morgan fingerprint density at radius 3 is 2.08 bits per heavy atom. The lowest BCUT2D eigenvalue weighted by Crippen LogP contribution is -2.30. The summed E-state index contributed by atoms with van der Waals surface area (Å²) in [7, 11) is 0. The van der Waals surface area contributed by atoms with Crippen LogP contribution in [0.3, 0.4) is 0 Å². The number of ether oxygens (including phenoxy) is 2. The fourth-order valence-corrected chi connectivity index (χ4v) is 2.23. The average Bonchev–Trinajstić information content (AvgIpc) is 2.57. The Labute approximate surface area is 143 Å². The molecular formula is C20H25NO3. The van der Waals surface area contributed by atoms with E-state index in [4.69, 9.17) is 9.47 Å². The molecule has 0 aliphatic carbocycles. The smallest absolute Gasteiger partial charge is 0.265 e. The van der Waals surface area contributed by atoms with E-state index in [0.29, 0.717) is 24.0 Å². The number of rotatable bonds is 7. The monoisotopic (exact) mass is 327 g/mol. The van der Waals surface area contributed by atoms with Gasteiger partial charge in [-0.2, -0.15) is 0 Å². The Kier molecular flexibility index (Phi) is 6.24. The number of carbonyl (C=O) groups is 1. The van der Waals surface area contributed by atoms with Gasteiger partial charge in [-0.25, -0.2) is 0 Å². The van der Waals surface area contributed by atoms with Crippen LogP contribution in [0.2, 0.25) is 0 Å². The predicted octanol–water partition coefficient (Wildman–Crippen LogP) is 4.61. The minimum Gasteiger partial charge on any atom is -0.494 e. The molecule has 0 radical (unpaired) electrons. The summed E-state index contributed by atoms with van der Waals surface area (Å²) in [6.07, 6.45) is -0.582. The van der Waals surface area contributed by atoms with Crippen LogP contribution >= 0.6 is 0 Å². The van der Waals surface area contributed by atoms with Gasteiger partial charge in [-0.05, 0) is 61.7 Å². The van der Waals surface area contributed by atoms with E-state index in [-0.39, 0.29) is 5.91 Å². The van der Waals surface area contributed by atoms with Gasteiger partial charge in [0.1, 0.15) is 11.5 Å². The van der Waals surface area contributed by atoms with Crippen molar-refractivity contribution in [1.82, 2.24) is 0 Å². The van der Waals surface area contributed by atoms with E-state index in [2.05, 4.69) is 19.2 Å². The number of benzene rings is 2. The molecule has 24 heavy (non-hydrogen) atoms. The molecule has 2 aromatic rings. The summed E-state index contributed by atoms with van der Waals surface area (Å²) in [6, 6.07) is 15.1. The number of hydrogen-bond donors (Lipinski definition) is 1.